The highest BCUT2D eigenvalue weighted by molar-refractivity contribution is 5.78. The predicted molar refractivity (Wildman–Crippen MR) is 101 cm³/mol. The summed E-state index contributed by atoms with van der Waals surface area (Å²) >= 11 is 0. The summed E-state index contributed by atoms with van der Waals surface area (Å²) in [4.78, 5) is 20.4. The molecule has 1 amide bonds. The quantitative estimate of drug-likeness (QED) is 0.863. The number of benzene rings is 1. The van der Waals surface area contributed by atoms with Gasteiger partial charge in [-0.2, -0.15) is 0 Å². The Morgan fingerprint density at radius 2 is 1.92 bits per heavy atom. The molecule has 0 bridgehead atoms. The van der Waals surface area contributed by atoms with Gasteiger partial charge in [0, 0.05) is 32.0 Å². The molecule has 2 heterocycles. The summed E-state index contributed by atoms with van der Waals surface area (Å²) in [6.07, 6.45) is 4.78. The van der Waals surface area contributed by atoms with Gasteiger partial charge in [-0.15, -0.1) is 0 Å². The molecule has 5 nitrogen and oxygen atoms in total. The van der Waals surface area contributed by atoms with Crippen molar-refractivity contribution in [1.82, 2.24) is 14.8 Å². The van der Waals surface area contributed by atoms with Crippen LogP contribution in [-0.2, 0) is 17.8 Å². The van der Waals surface area contributed by atoms with E-state index >= 15 is 0 Å². The van der Waals surface area contributed by atoms with Gasteiger partial charge in [0.05, 0.1) is 12.6 Å². The minimum Gasteiger partial charge on any atom is -0.391 e. The molecule has 5 heteroatoms. The van der Waals surface area contributed by atoms with Gasteiger partial charge in [0.15, 0.2) is 0 Å². The number of rotatable bonds is 6. The average Bonchev–Trinajstić information content (AvgIpc) is 2.65. The van der Waals surface area contributed by atoms with E-state index in [9.17, 15) is 9.90 Å². The maximum Gasteiger partial charge on any atom is 0.236 e. The molecule has 2 aromatic rings. The summed E-state index contributed by atoms with van der Waals surface area (Å²) in [6, 6.07) is 14.2. The van der Waals surface area contributed by atoms with Gasteiger partial charge < -0.3 is 10.0 Å². The topological polar surface area (TPSA) is 56.7 Å². The lowest BCUT2D eigenvalue weighted by molar-refractivity contribution is -0.136. The Labute approximate surface area is 155 Å². The van der Waals surface area contributed by atoms with Crippen LogP contribution in [0.15, 0.2) is 54.9 Å². The van der Waals surface area contributed by atoms with Crippen molar-refractivity contribution >= 4 is 5.91 Å². The van der Waals surface area contributed by atoms with Crippen molar-refractivity contribution in [2.45, 2.75) is 25.5 Å². The molecule has 1 aliphatic heterocycles. The number of β-amino-alcohol motifs (C(OH)–C–C–N with tert-alkyl or cyclic N) is 1. The molecule has 1 aromatic carbocycles. The van der Waals surface area contributed by atoms with Crippen molar-refractivity contribution in [1.29, 1.82) is 0 Å². The minimum atomic E-state index is -0.460. The minimum absolute atomic E-state index is 0.0822. The summed E-state index contributed by atoms with van der Waals surface area (Å²) in [7, 11) is 1.94. The molecule has 2 atom stereocenters. The van der Waals surface area contributed by atoms with Crippen molar-refractivity contribution in [3.63, 3.8) is 0 Å². The Balaban J connectivity index is 1.47. The lowest BCUT2D eigenvalue weighted by atomic mass is 9.88. The zero-order valence-corrected chi connectivity index (χ0v) is 15.3. The number of aromatic nitrogens is 1. The van der Waals surface area contributed by atoms with Crippen LogP contribution < -0.4 is 0 Å². The summed E-state index contributed by atoms with van der Waals surface area (Å²) in [5.41, 5.74) is 2.38. The average molecular weight is 353 g/mol. The van der Waals surface area contributed by atoms with Gasteiger partial charge in [-0.05, 0) is 49.1 Å². The number of likely N-dealkylation sites (tertiary alicyclic amines) is 1. The first-order valence-electron chi connectivity index (χ1n) is 9.19. The summed E-state index contributed by atoms with van der Waals surface area (Å²) in [6.45, 7) is 2.22. The van der Waals surface area contributed by atoms with E-state index in [2.05, 4.69) is 17.1 Å². The van der Waals surface area contributed by atoms with Crippen LogP contribution in [0.3, 0.4) is 0 Å². The van der Waals surface area contributed by atoms with E-state index in [0.717, 1.165) is 24.9 Å². The number of aliphatic hydroxyl groups excluding tert-OH is 1. The molecule has 1 aromatic heterocycles. The molecule has 1 saturated heterocycles. The van der Waals surface area contributed by atoms with Gasteiger partial charge in [-0.3, -0.25) is 14.7 Å². The second-order valence-corrected chi connectivity index (χ2v) is 7.17. The summed E-state index contributed by atoms with van der Waals surface area (Å²) in [5, 5.41) is 10.5. The fourth-order valence-electron chi connectivity index (χ4n) is 3.55. The van der Waals surface area contributed by atoms with E-state index in [-0.39, 0.29) is 11.8 Å². The molecular formula is C21H27N3O2. The smallest absolute Gasteiger partial charge is 0.236 e. The Bertz CT molecular complexity index is 693. The second-order valence-electron chi connectivity index (χ2n) is 7.17. The molecule has 0 saturated carbocycles. The largest absolute Gasteiger partial charge is 0.391 e. The van der Waals surface area contributed by atoms with Crippen molar-refractivity contribution in [3.8, 4) is 0 Å². The molecular weight excluding hydrogens is 326 g/mol. The number of carbonyl (C=O) groups excluding carboxylic acids is 1. The second kappa shape index (κ2) is 8.92. The molecule has 138 valence electrons. The molecule has 1 N–H and O–H groups in total. The first-order chi connectivity index (χ1) is 12.6. The number of pyridine rings is 1. The number of piperidine rings is 1. The Morgan fingerprint density at radius 1 is 1.19 bits per heavy atom. The van der Waals surface area contributed by atoms with Crippen LogP contribution in [0.5, 0.6) is 0 Å². The Morgan fingerprint density at radius 3 is 2.62 bits per heavy atom. The first kappa shape index (κ1) is 18.5. The van der Waals surface area contributed by atoms with Crippen LogP contribution in [0.4, 0.5) is 0 Å². The van der Waals surface area contributed by atoms with E-state index < -0.39 is 6.10 Å². The van der Waals surface area contributed by atoms with Crippen LogP contribution in [-0.4, -0.2) is 58.6 Å². The number of hydrogen-bond acceptors (Lipinski definition) is 4. The zero-order valence-electron chi connectivity index (χ0n) is 15.3. The van der Waals surface area contributed by atoms with Crippen LogP contribution in [0, 0.1) is 5.92 Å². The third kappa shape index (κ3) is 5.13. The number of hydrogen-bond donors (Lipinski definition) is 1. The SMILES string of the molecule is CN(CC(=O)N1CC[C@H](Cc2ccccc2)[C@@H](O)C1)Cc1ccncc1. The van der Waals surface area contributed by atoms with E-state index in [1.54, 1.807) is 17.3 Å². The highest BCUT2D eigenvalue weighted by Crippen LogP contribution is 2.22. The van der Waals surface area contributed by atoms with Crippen molar-refractivity contribution in [2.24, 2.45) is 5.92 Å². The van der Waals surface area contributed by atoms with Crippen molar-refractivity contribution < 1.29 is 9.90 Å². The van der Waals surface area contributed by atoms with Gasteiger partial charge in [0.25, 0.3) is 0 Å². The third-order valence-corrected chi connectivity index (χ3v) is 5.02. The Hall–Kier alpha value is -2.24. The predicted octanol–water partition coefficient (Wildman–Crippen LogP) is 1.97. The van der Waals surface area contributed by atoms with Gasteiger partial charge in [-0.25, -0.2) is 0 Å². The first-order valence-corrected chi connectivity index (χ1v) is 9.19. The summed E-state index contributed by atoms with van der Waals surface area (Å²) < 4.78 is 0. The van der Waals surface area contributed by atoms with E-state index in [4.69, 9.17) is 0 Å². The fourth-order valence-corrected chi connectivity index (χ4v) is 3.55. The number of likely N-dealkylation sites (N-methyl/N-ethyl adjacent to an activating group) is 1. The number of amides is 1. The van der Waals surface area contributed by atoms with Gasteiger partial charge >= 0.3 is 0 Å². The summed E-state index contributed by atoms with van der Waals surface area (Å²) in [5.74, 6) is 0.301. The lowest BCUT2D eigenvalue weighted by Crippen LogP contribution is -2.49. The molecule has 0 aliphatic carbocycles. The van der Waals surface area contributed by atoms with E-state index in [1.807, 2.05) is 42.3 Å². The van der Waals surface area contributed by atoms with Crippen LogP contribution in [0.2, 0.25) is 0 Å². The molecule has 1 fully saturated rings. The lowest BCUT2D eigenvalue weighted by Gasteiger charge is -2.36. The highest BCUT2D eigenvalue weighted by Gasteiger charge is 2.30. The number of aliphatic hydroxyl groups is 1. The van der Waals surface area contributed by atoms with Crippen molar-refractivity contribution in [3.05, 3.63) is 66.0 Å². The van der Waals surface area contributed by atoms with Crippen LogP contribution >= 0.6 is 0 Å². The number of nitrogens with zero attached hydrogens (tertiary/aromatic N) is 3. The monoisotopic (exact) mass is 353 g/mol. The van der Waals surface area contributed by atoms with E-state index in [1.165, 1.54) is 5.56 Å². The van der Waals surface area contributed by atoms with Gasteiger partial charge in [0.2, 0.25) is 5.91 Å². The van der Waals surface area contributed by atoms with Gasteiger partial charge in [-0.1, -0.05) is 30.3 Å². The van der Waals surface area contributed by atoms with Crippen LogP contribution in [0.25, 0.3) is 0 Å². The molecule has 0 radical (unpaired) electrons. The Kier molecular flexibility index (Phi) is 6.36. The molecule has 0 unspecified atom stereocenters. The normalized spacial score (nSPS) is 20.3. The molecule has 0 spiro atoms. The third-order valence-electron chi connectivity index (χ3n) is 5.02. The maximum atomic E-state index is 12.6. The van der Waals surface area contributed by atoms with E-state index in [0.29, 0.717) is 19.6 Å². The molecule has 3 rings (SSSR count). The highest BCUT2D eigenvalue weighted by atomic mass is 16.3. The van der Waals surface area contributed by atoms with Crippen LogP contribution in [0.1, 0.15) is 17.5 Å². The van der Waals surface area contributed by atoms with Gasteiger partial charge in [0.1, 0.15) is 0 Å². The number of carbonyl (C=O) groups is 1. The fraction of sp³-hybridized carbons (Fsp3) is 0.429. The maximum absolute atomic E-state index is 12.6. The standard InChI is InChI=1S/C21H27N3O2/c1-23(14-18-7-10-22-11-8-18)16-21(26)24-12-9-19(20(25)15-24)13-17-5-3-2-4-6-17/h2-8,10-11,19-20,25H,9,12-16H2,1H3/t19-,20+/m1/s1. The molecule has 26 heavy (non-hydrogen) atoms. The van der Waals surface area contributed by atoms with Crippen molar-refractivity contribution in [2.75, 3.05) is 26.7 Å². The molecule has 1 aliphatic rings. The zero-order chi connectivity index (χ0) is 18.4.